The van der Waals surface area contributed by atoms with Crippen LogP contribution in [-0.2, 0) is 17.2 Å². The highest BCUT2D eigenvalue weighted by Gasteiger charge is 2.10. The van der Waals surface area contributed by atoms with Crippen LogP contribution < -0.4 is 11.1 Å². The summed E-state index contributed by atoms with van der Waals surface area (Å²) in [6, 6.07) is 7.41. The summed E-state index contributed by atoms with van der Waals surface area (Å²) < 4.78 is 11.2. The van der Waals surface area contributed by atoms with Crippen molar-refractivity contribution >= 4 is 16.7 Å². The first-order valence-electron chi connectivity index (χ1n) is 5.94. The Balaban J connectivity index is 2.61. The molecule has 1 aromatic carbocycles. The SMILES string of the molecule is CC(CNC(=O)c1cccc(CCN)c1)S(C)=O. The number of hydrogen-bond acceptors (Lipinski definition) is 3. The molecule has 0 bridgehead atoms. The molecule has 2 atom stereocenters. The number of hydrogen-bond donors (Lipinski definition) is 2. The summed E-state index contributed by atoms with van der Waals surface area (Å²) in [6.45, 7) is 2.83. The normalized spacial score (nSPS) is 13.9. The molecule has 1 rings (SSSR count). The van der Waals surface area contributed by atoms with Gasteiger partial charge in [-0.3, -0.25) is 9.00 Å². The molecule has 0 fully saturated rings. The zero-order chi connectivity index (χ0) is 13.5. The number of nitrogens with two attached hydrogens (primary N) is 1. The van der Waals surface area contributed by atoms with Crippen molar-refractivity contribution in [2.24, 2.45) is 5.73 Å². The minimum atomic E-state index is -0.922. The van der Waals surface area contributed by atoms with Crippen molar-refractivity contribution in [3.63, 3.8) is 0 Å². The molecule has 0 heterocycles. The first-order chi connectivity index (χ1) is 8.54. The van der Waals surface area contributed by atoms with Gasteiger partial charge in [0.15, 0.2) is 0 Å². The van der Waals surface area contributed by atoms with E-state index in [1.165, 1.54) is 0 Å². The number of amides is 1. The van der Waals surface area contributed by atoms with Crippen molar-refractivity contribution < 1.29 is 9.00 Å². The topological polar surface area (TPSA) is 72.2 Å². The summed E-state index contributed by atoms with van der Waals surface area (Å²) in [4.78, 5) is 11.9. The fraction of sp³-hybridized carbons (Fsp3) is 0.462. The molecule has 0 aromatic heterocycles. The fourth-order valence-electron chi connectivity index (χ4n) is 1.49. The van der Waals surface area contributed by atoms with E-state index in [1.807, 2.05) is 25.1 Å². The standard InChI is InChI=1S/C13H20N2O2S/c1-10(18(2)17)9-15-13(16)12-5-3-4-11(8-12)6-7-14/h3-5,8,10H,6-7,9,14H2,1-2H3,(H,15,16). The van der Waals surface area contributed by atoms with Gasteiger partial charge in [0.2, 0.25) is 0 Å². The smallest absolute Gasteiger partial charge is 0.251 e. The van der Waals surface area contributed by atoms with E-state index in [0.717, 1.165) is 12.0 Å². The highest BCUT2D eigenvalue weighted by molar-refractivity contribution is 7.84. The average molecular weight is 268 g/mol. The van der Waals surface area contributed by atoms with Gasteiger partial charge >= 0.3 is 0 Å². The number of nitrogens with one attached hydrogen (secondary N) is 1. The first kappa shape index (κ1) is 14.9. The van der Waals surface area contributed by atoms with Crippen LogP contribution in [0.15, 0.2) is 24.3 Å². The van der Waals surface area contributed by atoms with Crippen LogP contribution in [0.2, 0.25) is 0 Å². The molecule has 0 aliphatic heterocycles. The van der Waals surface area contributed by atoms with Gasteiger partial charge in [0.1, 0.15) is 0 Å². The lowest BCUT2D eigenvalue weighted by Crippen LogP contribution is -2.32. The second kappa shape index (κ2) is 7.28. The van der Waals surface area contributed by atoms with Gasteiger partial charge in [-0.2, -0.15) is 0 Å². The maximum absolute atomic E-state index is 11.9. The Kier molecular flexibility index (Phi) is 6.01. The van der Waals surface area contributed by atoms with E-state index in [1.54, 1.807) is 12.3 Å². The fourth-order valence-corrected chi connectivity index (χ4v) is 1.81. The molecular weight excluding hydrogens is 248 g/mol. The molecule has 18 heavy (non-hydrogen) atoms. The van der Waals surface area contributed by atoms with Crippen molar-refractivity contribution in [2.75, 3.05) is 19.3 Å². The number of benzene rings is 1. The maximum Gasteiger partial charge on any atom is 0.251 e. The molecule has 0 aliphatic rings. The predicted octanol–water partition coefficient (Wildman–Crippen LogP) is 0.685. The van der Waals surface area contributed by atoms with Crippen molar-refractivity contribution in [2.45, 2.75) is 18.6 Å². The van der Waals surface area contributed by atoms with Crippen LogP contribution >= 0.6 is 0 Å². The summed E-state index contributed by atoms with van der Waals surface area (Å²) in [7, 11) is -0.922. The second-order valence-electron chi connectivity index (χ2n) is 4.26. The minimum Gasteiger partial charge on any atom is -0.351 e. The largest absolute Gasteiger partial charge is 0.351 e. The molecule has 4 nitrogen and oxygen atoms in total. The Hall–Kier alpha value is -1.20. The molecule has 1 amide bonds. The Bertz CT molecular complexity index is 435. The van der Waals surface area contributed by atoms with E-state index >= 15 is 0 Å². The summed E-state index contributed by atoms with van der Waals surface area (Å²) in [6.07, 6.45) is 2.40. The van der Waals surface area contributed by atoms with Gasteiger partial charge in [-0.1, -0.05) is 12.1 Å². The third-order valence-electron chi connectivity index (χ3n) is 2.74. The molecule has 2 unspecified atom stereocenters. The van der Waals surface area contributed by atoms with E-state index < -0.39 is 10.8 Å². The molecule has 0 radical (unpaired) electrons. The molecule has 100 valence electrons. The number of carbonyl (C=O) groups excluding carboxylic acids is 1. The molecule has 0 saturated heterocycles. The van der Waals surface area contributed by atoms with E-state index in [9.17, 15) is 9.00 Å². The Morgan fingerprint density at radius 2 is 2.22 bits per heavy atom. The summed E-state index contributed by atoms with van der Waals surface area (Å²) in [5, 5.41) is 2.75. The Labute approximate surface area is 110 Å². The van der Waals surface area contributed by atoms with Crippen molar-refractivity contribution in [3.8, 4) is 0 Å². The van der Waals surface area contributed by atoms with E-state index in [-0.39, 0.29) is 11.2 Å². The van der Waals surface area contributed by atoms with Crippen LogP contribution in [0.4, 0.5) is 0 Å². The van der Waals surface area contributed by atoms with Gasteiger partial charge in [-0.15, -0.1) is 0 Å². The third-order valence-corrected chi connectivity index (χ3v) is 4.04. The van der Waals surface area contributed by atoms with Gasteiger partial charge in [0.05, 0.1) is 0 Å². The minimum absolute atomic E-state index is 0.0406. The monoisotopic (exact) mass is 268 g/mol. The zero-order valence-corrected chi connectivity index (χ0v) is 11.6. The highest BCUT2D eigenvalue weighted by Crippen LogP contribution is 2.05. The molecule has 5 heteroatoms. The molecule has 1 aromatic rings. The van der Waals surface area contributed by atoms with E-state index in [0.29, 0.717) is 18.7 Å². The predicted molar refractivity (Wildman–Crippen MR) is 75.1 cm³/mol. The average Bonchev–Trinajstić information content (AvgIpc) is 2.36. The number of rotatable bonds is 6. The lowest BCUT2D eigenvalue weighted by Gasteiger charge is -2.10. The van der Waals surface area contributed by atoms with Gasteiger partial charge in [-0.25, -0.2) is 0 Å². The maximum atomic E-state index is 11.9. The molecule has 0 spiro atoms. The van der Waals surface area contributed by atoms with Crippen LogP contribution in [0.3, 0.4) is 0 Å². The second-order valence-corrected chi connectivity index (χ2v) is 6.06. The van der Waals surface area contributed by atoms with Gasteiger partial charge in [-0.05, 0) is 37.6 Å². The van der Waals surface area contributed by atoms with Crippen molar-refractivity contribution in [1.82, 2.24) is 5.32 Å². The van der Waals surface area contributed by atoms with Crippen LogP contribution in [0.25, 0.3) is 0 Å². The van der Waals surface area contributed by atoms with Crippen LogP contribution in [0, 0.1) is 0 Å². The summed E-state index contributed by atoms with van der Waals surface area (Å²) in [5.74, 6) is -0.133. The van der Waals surface area contributed by atoms with Crippen LogP contribution in [-0.4, -0.2) is 34.7 Å². The van der Waals surface area contributed by atoms with Gasteiger partial charge in [0.25, 0.3) is 5.91 Å². The van der Waals surface area contributed by atoms with Crippen molar-refractivity contribution in [1.29, 1.82) is 0 Å². The zero-order valence-electron chi connectivity index (χ0n) is 10.8. The van der Waals surface area contributed by atoms with Crippen LogP contribution in [0.1, 0.15) is 22.8 Å². The summed E-state index contributed by atoms with van der Waals surface area (Å²) in [5.41, 5.74) is 7.16. The highest BCUT2D eigenvalue weighted by atomic mass is 32.2. The lowest BCUT2D eigenvalue weighted by molar-refractivity contribution is 0.0954. The van der Waals surface area contributed by atoms with Crippen LogP contribution in [0.5, 0.6) is 0 Å². The van der Waals surface area contributed by atoms with E-state index in [2.05, 4.69) is 5.32 Å². The van der Waals surface area contributed by atoms with Gasteiger partial charge < -0.3 is 11.1 Å². The molecule has 0 saturated carbocycles. The Morgan fingerprint density at radius 1 is 1.50 bits per heavy atom. The lowest BCUT2D eigenvalue weighted by atomic mass is 10.1. The Morgan fingerprint density at radius 3 is 2.83 bits per heavy atom. The molecule has 0 aliphatic carbocycles. The summed E-state index contributed by atoms with van der Waals surface area (Å²) >= 11 is 0. The number of carbonyl (C=O) groups is 1. The molecular formula is C13H20N2O2S. The quantitative estimate of drug-likeness (QED) is 0.797. The first-order valence-corrected chi connectivity index (χ1v) is 7.56. The van der Waals surface area contributed by atoms with Crippen molar-refractivity contribution in [3.05, 3.63) is 35.4 Å². The third kappa shape index (κ3) is 4.58. The molecule has 3 N–H and O–H groups in total. The van der Waals surface area contributed by atoms with E-state index in [4.69, 9.17) is 5.73 Å². The van der Waals surface area contributed by atoms with Gasteiger partial charge in [0, 0.05) is 34.4 Å².